The van der Waals surface area contributed by atoms with Gasteiger partial charge < -0.3 is 10.1 Å². The number of amides is 1. The molecule has 120 valence electrons. The molecule has 3 aromatic heterocycles. The minimum absolute atomic E-state index is 0.261. The van der Waals surface area contributed by atoms with E-state index >= 15 is 0 Å². The third-order valence-corrected chi connectivity index (χ3v) is 3.16. The third-order valence-electron chi connectivity index (χ3n) is 3.16. The predicted octanol–water partition coefficient (Wildman–Crippen LogP) is 3.53. The van der Waals surface area contributed by atoms with Crippen LogP contribution in [0.1, 0.15) is 21.9 Å². The summed E-state index contributed by atoms with van der Waals surface area (Å²) in [6, 6.07) is 12.3. The molecule has 0 spiro atoms. The van der Waals surface area contributed by atoms with Gasteiger partial charge in [-0.3, -0.25) is 9.78 Å². The van der Waals surface area contributed by atoms with E-state index in [9.17, 15) is 4.79 Å². The molecule has 0 aromatic carbocycles. The minimum atomic E-state index is -0.340. The Morgan fingerprint density at radius 2 is 1.88 bits per heavy atom. The molecule has 0 saturated heterocycles. The van der Waals surface area contributed by atoms with Gasteiger partial charge in [-0.15, -0.1) is 0 Å². The molecule has 0 fully saturated rings. The van der Waals surface area contributed by atoms with Crippen molar-refractivity contribution >= 4 is 11.7 Å². The largest absolute Gasteiger partial charge is 0.456 e. The number of nitrogens with one attached hydrogen (secondary N) is 1. The Morgan fingerprint density at radius 3 is 2.62 bits per heavy atom. The van der Waals surface area contributed by atoms with E-state index in [2.05, 4.69) is 20.3 Å². The number of carbonyl (C=O) groups is 1. The van der Waals surface area contributed by atoms with Crippen molar-refractivity contribution in [2.75, 3.05) is 5.32 Å². The summed E-state index contributed by atoms with van der Waals surface area (Å²) in [4.78, 5) is 24.9. The summed E-state index contributed by atoms with van der Waals surface area (Å²) in [6.07, 6.45) is 3.27. The number of anilines is 1. The highest BCUT2D eigenvalue weighted by Gasteiger charge is 2.12. The summed E-state index contributed by atoms with van der Waals surface area (Å²) in [5.41, 5.74) is 1.77. The molecule has 24 heavy (non-hydrogen) atoms. The number of hydrogen-bond donors (Lipinski definition) is 1. The molecule has 0 saturated carbocycles. The predicted molar refractivity (Wildman–Crippen MR) is 90.2 cm³/mol. The van der Waals surface area contributed by atoms with E-state index in [1.165, 1.54) is 0 Å². The van der Waals surface area contributed by atoms with E-state index in [0.29, 0.717) is 23.0 Å². The van der Waals surface area contributed by atoms with Crippen LogP contribution in [0.2, 0.25) is 0 Å². The Morgan fingerprint density at radius 1 is 1.00 bits per heavy atom. The summed E-state index contributed by atoms with van der Waals surface area (Å²) in [6.45, 7) is 3.66. The summed E-state index contributed by atoms with van der Waals surface area (Å²) >= 11 is 0. The number of carbonyl (C=O) groups excluding carboxylic acids is 1. The zero-order valence-electron chi connectivity index (χ0n) is 13.4. The van der Waals surface area contributed by atoms with Gasteiger partial charge in [-0.2, -0.15) is 0 Å². The van der Waals surface area contributed by atoms with Crippen LogP contribution in [0.5, 0.6) is 11.5 Å². The fraction of sp³-hybridized carbons (Fsp3) is 0.111. The van der Waals surface area contributed by atoms with Crippen molar-refractivity contribution in [2.45, 2.75) is 13.8 Å². The Balaban J connectivity index is 1.81. The van der Waals surface area contributed by atoms with Gasteiger partial charge in [0.2, 0.25) is 0 Å². The van der Waals surface area contributed by atoms with Gasteiger partial charge in [-0.1, -0.05) is 6.07 Å². The Hall–Kier alpha value is -3.28. The number of aromatic nitrogens is 3. The molecule has 0 bridgehead atoms. The van der Waals surface area contributed by atoms with Crippen molar-refractivity contribution in [1.82, 2.24) is 15.0 Å². The van der Waals surface area contributed by atoms with Crippen molar-refractivity contribution in [3.8, 4) is 11.5 Å². The highest BCUT2D eigenvalue weighted by Crippen LogP contribution is 2.22. The van der Waals surface area contributed by atoms with Crippen LogP contribution in [0.25, 0.3) is 0 Å². The lowest BCUT2D eigenvalue weighted by molar-refractivity contribution is 0.102. The molecule has 1 amide bonds. The molecule has 3 aromatic rings. The van der Waals surface area contributed by atoms with E-state index in [1.807, 2.05) is 19.1 Å². The molecular weight excluding hydrogens is 304 g/mol. The SMILES string of the molecule is Cc1cccc(NC(=O)c2cc(Oc3cccnc3)cc(C)n2)n1. The van der Waals surface area contributed by atoms with E-state index in [4.69, 9.17) is 4.74 Å². The zero-order chi connectivity index (χ0) is 16.9. The lowest BCUT2D eigenvalue weighted by Gasteiger charge is -2.09. The molecule has 0 radical (unpaired) electrons. The smallest absolute Gasteiger partial charge is 0.275 e. The summed E-state index contributed by atoms with van der Waals surface area (Å²) < 4.78 is 5.72. The molecule has 6 nitrogen and oxygen atoms in total. The standard InChI is InChI=1S/C18H16N4O2/c1-12-5-3-7-17(21-12)22-18(23)16-10-15(9-13(2)20-16)24-14-6-4-8-19-11-14/h3-11H,1-2H3,(H,21,22,23). The van der Waals surface area contributed by atoms with Gasteiger partial charge in [0.1, 0.15) is 23.0 Å². The highest BCUT2D eigenvalue weighted by atomic mass is 16.5. The van der Waals surface area contributed by atoms with Crippen LogP contribution in [0.3, 0.4) is 0 Å². The van der Waals surface area contributed by atoms with Gasteiger partial charge in [0.15, 0.2) is 0 Å². The fourth-order valence-corrected chi connectivity index (χ4v) is 2.15. The second kappa shape index (κ2) is 6.87. The molecule has 0 aliphatic rings. The number of nitrogens with zero attached hydrogens (tertiary/aromatic N) is 3. The second-order valence-electron chi connectivity index (χ2n) is 5.24. The van der Waals surface area contributed by atoms with Crippen LogP contribution in [0.4, 0.5) is 5.82 Å². The molecular formula is C18H16N4O2. The first-order valence-corrected chi connectivity index (χ1v) is 7.42. The van der Waals surface area contributed by atoms with Crippen LogP contribution in [-0.2, 0) is 0 Å². The van der Waals surface area contributed by atoms with Crippen LogP contribution in [0, 0.1) is 13.8 Å². The summed E-state index contributed by atoms with van der Waals surface area (Å²) in [5, 5.41) is 2.74. The summed E-state index contributed by atoms with van der Waals surface area (Å²) in [5.74, 6) is 1.26. The maximum atomic E-state index is 12.4. The van der Waals surface area contributed by atoms with Crippen molar-refractivity contribution in [1.29, 1.82) is 0 Å². The minimum Gasteiger partial charge on any atom is -0.456 e. The van der Waals surface area contributed by atoms with Gasteiger partial charge in [-0.25, -0.2) is 9.97 Å². The average molecular weight is 320 g/mol. The van der Waals surface area contributed by atoms with Gasteiger partial charge in [0.25, 0.3) is 5.91 Å². The molecule has 3 rings (SSSR count). The lowest BCUT2D eigenvalue weighted by Crippen LogP contribution is -2.15. The topological polar surface area (TPSA) is 77.0 Å². The molecule has 1 N–H and O–H groups in total. The Bertz CT molecular complexity index is 866. The first-order valence-electron chi connectivity index (χ1n) is 7.42. The number of rotatable bonds is 4. The zero-order valence-corrected chi connectivity index (χ0v) is 13.4. The van der Waals surface area contributed by atoms with E-state index in [0.717, 1.165) is 5.69 Å². The number of ether oxygens (including phenoxy) is 1. The number of pyridine rings is 3. The Labute approximate surface area is 139 Å². The van der Waals surface area contributed by atoms with Crippen molar-refractivity contribution in [2.24, 2.45) is 0 Å². The lowest BCUT2D eigenvalue weighted by atomic mass is 10.2. The van der Waals surface area contributed by atoms with Crippen LogP contribution < -0.4 is 10.1 Å². The maximum absolute atomic E-state index is 12.4. The van der Waals surface area contributed by atoms with Crippen molar-refractivity contribution < 1.29 is 9.53 Å². The number of aryl methyl sites for hydroxylation is 2. The first-order chi connectivity index (χ1) is 11.6. The quantitative estimate of drug-likeness (QED) is 0.795. The fourth-order valence-electron chi connectivity index (χ4n) is 2.15. The molecule has 0 unspecified atom stereocenters. The van der Waals surface area contributed by atoms with Crippen LogP contribution in [-0.4, -0.2) is 20.9 Å². The molecule has 3 heterocycles. The maximum Gasteiger partial charge on any atom is 0.275 e. The van der Waals surface area contributed by atoms with Gasteiger partial charge in [-0.05, 0) is 38.1 Å². The van der Waals surface area contributed by atoms with Gasteiger partial charge in [0, 0.05) is 29.7 Å². The average Bonchev–Trinajstić information content (AvgIpc) is 2.55. The van der Waals surface area contributed by atoms with Crippen LogP contribution >= 0.6 is 0 Å². The van der Waals surface area contributed by atoms with Crippen molar-refractivity contribution in [3.63, 3.8) is 0 Å². The van der Waals surface area contributed by atoms with E-state index in [-0.39, 0.29) is 11.6 Å². The van der Waals surface area contributed by atoms with E-state index in [1.54, 1.807) is 49.6 Å². The molecule has 0 aliphatic carbocycles. The monoisotopic (exact) mass is 320 g/mol. The number of hydrogen-bond acceptors (Lipinski definition) is 5. The second-order valence-corrected chi connectivity index (χ2v) is 5.24. The Kier molecular flexibility index (Phi) is 4.47. The molecule has 6 heteroatoms. The molecule has 0 aliphatic heterocycles. The highest BCUT2D eigenvalue weighted by molar-refractivity contribution is 6.02. The van der Waals surface area contributed by atoms with Gasteiger partial charge >= 0.3 is 0 Å². The first kappa shape index (κ1) is 15.6. The molecule has 0 atom stereocenters. The summed E-state index contributed by atoms with van der Waals surface area (Å²) in [7, 11) is 0. The normalized spacial score (nSPS) is 10.2. The third kappa shape index (κ3) is 3.92. The van der Waals surface area contributed by atoms with Crippen molar-refractivity contribution in [3.05, 3.63) is 71.9 Å². The van der Waals surface area contributed by atoms with Gasteiger partial charge in [0.05, 0.1) is 6.20 Å². The van der Waals surface area contributed by atoms with E-state index < -0.39 is 0 Å². The van der Waals surface area contributed by atoms with Crippen LogP contribution in [0.15, 0.2) is 54.9 Å².